The van der Waals surface area contributed by atoms with Crippen LogP contribution in [0.1, 0.15) is 52.9 Å². The van der Waals surface area contributed by atoms with Crippen molar-refractivity contribution in [2.75, 3.05) is 13.2 Å². The molecule has 0 saturated heterocycles. The number of aliphatic hydroxyl groups is 1. The number of carbonyl (C=O) groups excluding carboxylic acids is 1. The first-order valence-electron chi connectivity index (χ1n) is 8.33. The standard InChI is InChI=1S/C16H30N2O3/c1-4-21-14-9-13(16(14)7-5-6-8-16)18-15(20)17-12(3)11(2)10-19/h11-14,19H,4-10H2,1-3H3,(H2,17,18,20). The van der Waals surface area contributed by atoms with Crippen LogP contribution in [0.25, 0.3) is 0 Å². The molecule has 2 aliphatic rings. The van der Waals surface area contributed by atoms with Gasteiger partial charge in [0, 0.05) is 30.7 Å². The van der Waals surface area contributed by atoms with E-state index >= 15 is 0 Å². The number of amides is 2. The molecule has 0 aliphatic heterocycles. The lowest BCUT2D eigenvalue weighted by atomic mass is 9.60. The van der Waals surface area contributed by atoms with Gasteiger partial charge in [-0.3, -0.25) is 0 Å². The molecule has 0 aromatic heterocycles. The van der Waals surface area contributed by atoms with E-state index in [2.05, 4.69) is 10.6 Å². The summed E-state index contributed by atoms with van der Waals surface area (Å²) in [5, 5.41) is 15.2. The van der Waals surface area contributed by atoms with E-state index in [0.29, 0.717) is 6.10 Å². The van der Waals surface area contributed by atoms with Gasteiger partial charge in [0.15, 0.2) is 0 Å². The molecule has 4 atom stereocenters. The van der Waals surface area contributed by atoms with Gasteiger partial charge in [-0.05, 0) is 39.0 Å². The second-order valence-corrected chi connectivity index (χ2v) is 6.74. The van der Waals surface area contributed by atoms with E-state index in [1.54, 1.807) is 0 Å². The second-order valence-electron chi connectivity index (χ2n) is 6.74. The second kappa shape index (κ2) is 6.97. The number of rotatable bonds is 6. The van der Waals surface area contributed by atoms with E-state index in [1.807, 2.05) is 20.8 Å². The molecule has 2 amide bonds. The smallest absolute Gasteiger partial charge is 0.315 e. The lowest BCUT2D eigenvalue weighted by molar-refractivity contribution is -0.126. The van der Waals surface area contributed by atoms with Crippen molar-refractivity contribution in [2.24, 2.45) is 11.3 Å². The quantitative estimate of drug-likeness (QED) is 0.703. The minimum Gasteiger partial charge on any atom is -0.396 e. The first-order valence-corrected chi connectivity index (χ1v) is 8.33. The van der Waals surface area contributed by atoms with Crippen LogP contribution in [-0.2, 0) is 4.74 Å². The zero-order valence-electron chi connectivity index (χ0n) is 13.5. The SMILES string of the molecule is CCOC1CC(NC(=O)NC(C)C(C)CO)C12CCCC2. The number of ether oxygens (including phenoxy) is 1. The van der Waals surface area contributed by atoms with Crippen molar-refractivity contribution in [3.8, 4) is 0 Å². The van der Waals surface area contributed by atoms with Gasteiger partial charge >= 0.3 is 6.03 Å². The first-order chi connectivity index (χ1) is 10.0. The Morgan fingerprint density at radius 2 is 2.05 bits per heavy atom. The Kier molecular flexibility index (Phi) is 5.49. The molecular formula is C16H30N2O3. The van der Waals surface area contributed by atoms with Crippen LogP contribution in [0, 0.1) is 11.3 Å². The first kappa shape index (κ1) is 16.6. The van der Waals surface area contributed by atoms with Crippen molar-refractivity contribution in [3.05, 3.63) is 0 Å². The van der Waals surface area contributed by atoms with Gasteiger partial charge in [-0.2, -0.15) is 0 Å². The molecule has 0 bridgehead atoms. The lowest BCUT2D eigenvalue weighted by Crippen LogP contribution is -2.65. The van der Waals surface area contributed by atoms with Crippen molar-refractivity contribution in [1.82, 2.24) is 10.6 Å². The van der Waals surface area contributed by atoms with Gasteiger partial charge in [-0.1, -0.05) is 19.8 Å². The van der Waals surface area contributed by atoms with E-state index < -0.39 is 0 Å². The Labute approximate surface area is 127 Å². The van der Waals surface area contributed by atoms with Gasteiger partial charge in [-0.15, -0.1) is 0 Å². The summed E-state index contributed by atoms with van der Waals surface area (Å²) >= 11 is 0. The Bertz CT molecular complexity index is 355. The topological polar surface area (TPSA) is 70.6 Å². The number of urea groups is 1. The maximum Gasteiger partial charge on any atom is 0.315 e. The summed E-state index contributed by atoms with van der Waals surface area (Å²) in [5.41, 5.74) is 0.166. The largest absolute Gasteiger partial charge is 0.396 e. The molecule has 2 fully saturated rings. The van der Waals surface area contributed by atoms with Gasteiger partial charge in [0.2, 0.25) is 0 Å². The zero-order chi connectivity index (χ0) is 15.5. The van der Waals surface area contributed by atoms with E-state index in [1.165, 1.54) is 12.8 Å². The highest BCUT2D eigenvalue weighted by atomic mass is 16.5. The number of hydrogen-bond donors (Lipinski definition) is 3. The summed E-state index contributed by atoms with van der Waals surface area (Å²) < 4.78 is 5.86. The molecule has 0 heterocycles. The number of hydrogen-bond acceptors (Lipinski definition) is 3. The fourth-order valence-electron chi connectivity index (χ4n) is 3.80. The van der Waals surface area contributed by atoms with E-state index in [-0.39, 0.29) is 36.1 Å². The molecule has 0 aromatic rings. The predicted molar refractivity (Wildman–Crippen MR) is 82.1 cm³/mol. The van der Waals surface area contributed by atoms with Gasteiger partial charge in [0.1, 0.15) is 0 Å². The summed E-state index contributed by atoms with van der Waals surface area (Å²) in [5.74, 6) is 0.0637. The Balaban J connectivity index is 1.86. The summed E-state index contributed by atoms with van der Waals surface area (Å²) in [6, 6.07) is 0.0829. The molecule has 0 aromatic carbocycles. The molecule has 3 N–H and O–H groups in total. The number of carbonyl (C=O) groups is 1. The summed E-state index contributed by atoms with van der Waals surface area (Å²) in [4.78, 5) is 12.1. The maximum atomic E-state index is 12.1. The van der Waals surface area contributed by atoms with E-state index in [0.717, 1.165) is 25.9 Å². The summed E-state index contributed by atoms with van der Waals surface area (Å²) in [6.07, 6.45) is 6.02. The third-order valence-electron chi connectivity index (χ3n) is 5.49. The highest BCUT2D eigenvalue weighted by Gasteiger charge is 2.57. The Morgan fingerprint density at radius 3 is 2.62 bits per heavy atom. The normalized spacial score (nSPS) is 29.7. The monoisotopic (exact) mass is 298 g/mol. The molecule has 2 saturated carbocycles. The van der Waals surface area contributed by atoms with Gasteiger partial charge in [-0.25, -0.2) is 4.79 Å². The minimum atomic E-state index is -0.117. The van der Waals surface area contributed by atoms with Crippen LogP contribution < -0.4 is 10.6 Å². The molecule has 2 aliphatic carbocycles. The molecule has 0 radical (unpaired) electrons. The van der Waals surface area contributed by atoms with Crippen LogP contribution in [0.2, 0.25) is 0 Å². The number of nitrogens with one attached hydrogen (secondary N) is 2. The third kappa shape index (κ3) is 3.34. The summed E-state index contributed by atoms with van der Waals surface area (Å²) in [6.45, 7) is 6.72. The number of aliphatic hydroxyl groups excluding tert-OH is 1. The van der Waals surface area contributed by atoms with E-state index in [9.17, 15) is 4.79 Å². The van der Waals surface area contributed by atoms with Crippen LogP contribution in [0.5, 0.6) is 0 Å². The molecular weight excluding hydrogens is 268 g/mol. The Hall–Kier alpha value is -0.810. The molecule has 5 nitrogen and oxygen atoms in total. The van der Waals surface area contributed by atoms with Crippen molar-refractivity contribution < 1.29 is 14.6 Å². The fourth-order valence-corrected chi connectivity index (χ4v) is 3.80. The average molecular weight is 298 g/mol. The van der Waals surface area contributed by atoms with E-state index in [4.69, 9.17) is 9.84 Å². The predicted octanol–water partition coefficient (Wildman–Crippen LogP) is 2.04. The van der Waals surface area contributed by atoms with Crippen LogP contribution >= 0.6 is 0 Å². The molecule has 1 spiro atoms. The molecule has 5 heteroatoms. The van der Waals surface area contributed by atoms with Gasteiger partial charge in [0.05, 0.1) is 6.10 Å². The van der Waals surface area contributed by atoms with Crippen molar-refractivity contribution in [3.63, 3.8) is 0 Å². The van der Waals surface area contributed by atoms with Crippen LogP contribution in [0.3, 0.4) is 0 Å². The molecule has 21 heavy (non-hydrogen) atoms. The van der Waals surface area contributed by atoms with Crippen LogP contribution in [0.4, 0.5) is 4.79 Å². The lowest BCUT2D eigenvalue weighted by Gasteiger charge is -2.54. The molecule has 2 rings (SSSR count). The highest BCUT2D eigenvalue weighted by molar-refractivity contribution is 5.75. The zero-order valence-corrected chi connectivity index (χ0v) is 13.5. The summed E-state index contributed by atoms with van der Waals surface area (Å²) in [7, 11) is 0. The van der Waals surface area contributed by atoms with Crippen LogP contribution in [0.15, 0.2) is 0 Å². The fraction of sp³-hybridized carbons (Fsp3) is 0.938. The van der Waals surface area contributed by atoms with Gasteiger partial charge in [0.25, 0.3) is 0 Å². The van der Waals surface area contributed by atoms with Crippen LogP contribution in [-0.4, -0.2) is 42.5 Å². The molecule has 122 valence electrons. The van der Waals surface area contributed by atoms with Crippen molar-refractivity contribution >= 4 is 6.03 Å². The van der Waals surface area contributed by atoms with Crippen molar-refractivity contribution in [2.45, 2.75) is 71.1 Å². The third-order valence-corrected chi connectivity index (χ3v) is 5.49. The minimum absolute atomic E-state index is 0.0303. The van der Waals surface area contributed by atoms with Crippen molar-refractivity contribution in [1.29, 1.82) is 0 Å². The highest BCUT2D eigenvalue weighted by Crippen LogP contribution is 2.54. The maximum absolute atomic E-state index is 12.1. The van der Waals surface area contributed by atoms with Gasteiger partial charge < -0.3 is 20.5 Å². The Morgan fingerprint density at radius 1 is 1.38 bits per heavy atom. The molecule has 4 unspecified atom stereocenters. The average Bonchev–Trinajstić information content (AvgIpc) is 2.97.